The number of amides is 1. The number of aromatic nitrogens is 2. The molecule has 1 atom stereocenters. The average Bonchev–Trinajstić information content (AvgIpc) is 3.31. The van der Waals surface area contributed by atoms with E-state index in [0.717, 1.165) is 22.4 Å². The van der Waals surface area contributed by atoms with Gasteiger partial charge in [0.1, 0.15) is 0 Å². The zero-order valence-electron chi connectivity index (χ0n) is 16.8. The maximum Gasteiger partial charge on any atom is 0.232 e. The Morgan fingerprint density at radius 3 is 2.57 bits per heavy atom. The molecular weight excluding hydrogens is 350 g/mol. The molecule has 5 nitrogen and oxygen atoms in total. The molecule has 0 N–H and O–H groups in total. The molecule has 1 amide bonds. The molecule has 0 bridgehead atoms. The molecule has 0 aliphatic carbocycles. The quantitative estimate of drug-likeness (QED) is 0.644. The van der Waals surface area contributed by atoms with Crippen molar-refractivity contribution in [1.29, 1.82) is 0 Å². The van der Waals surface area contributed by atoms with Crippen LogP contribution in [0.1, 0.15) is 54.7 Å². The summed E-state index contributed by atoms with van der Waals surface area (Å²) in [6.45, 7) is 8.97. The molecule has 5 heteroatoms. The molecule has 4 rings (SSSR count). The number of hydrogen-bond acceptors (Lipinski definition) is 4. The van der Waals surface area contributed by atoms with Crippen LogP contribution in [-0.2, 0) is 4.79 Å². The Hall–Kier alpha value is -2.95. The number of benzene rings is 2. The van der Waals surface area contributed by atoms with Gasteiger partial charge in [-0.15, -0.1) is 0 Å². The van der Waals surface area contributed by atoms with E-state index in [-0.39, 0.29) is 11.8 Å². The van der Waals surface area contributed by atoms with Gasteiger partial charge in [-0.25, -0.2) is 0 Å². The monoisotopic (exact) mass is 375 g/mol. The maximum atomic E-state index is 12.6. The molecule has 1 aromatic heterocycles. The van der Waals surface area contributed by atoms with Crippen LogP contribution in [0.25, 0.3) is 11.4 Å². The fourth-order valence-corrected chi connectivity index (χ4v) is 3.65. The highest BCUT2D eigenvalue weighted by Crippen LogP contribution is 2.34. The number of hydrogen-bond donors (Lipinski definition) is 0. The van der Waals surface area contributed by atoms with Gasteiger partial charge in [0.25, 0.3) is 0 Å². The van der Waals surface area contributed by atoms with Gasteiger partial charge in [0.2, 0.25) is 17.6 Å². The second-order valence-corrected chi connectivity index (χ2v) is 7.93. The van der Waals surface area contributed by atoms with Crippen LogP contribution in [0, 0.1) is 13.8 Å². The van der Waals surface area contributed by atoms with Crippen molar-refractivity contribution in [2.24, 2.45) is 0 Å². The Bertz CT molecular complexity index is 1000. The fraction of sp³-hybridized carbons (Fsp3) is 0.348. The van der Waals surface area contributed by atoms with E-state index in [1.807, 2.05) is 30.9 Å². The van der Waals surface area contributed by atoms with Gasteiger partial charge in [0.15, 0.2) is 0 Å². The van der Waals surface area contributed by atoms with Crippen LogP contribution in [0.5, 0.6) is 0 Å². The molecule has 0 spiro atoms. The van der Waals surface area contributed by atoms with E-state index in [0.29, 0.717) is 30.6 Å². The Balaban J connectivity index is 1.55. The van der Waals surface area contributed by atoms with Gasteiger partial charge in [0.05, 0.1) is 5.92 Å². The van der Waals surface area contributed by atoms with E-state index in [9.17, 15) is 4.79 Å². The van der Waals surface area contributed by atoms with Crippen LogP contribution < -0.4 is 4.90 Å². The van der Waals surface area contributed by atoms with Gasteiger partial charge < -0.3 is 9.42 Å². The van der Waals surface area contributed by atoms with Crippen molar-refractivity contribution in [1.82, 2.24) is 10.1 Å². The SMILES string of the molecule is Cc1ccc(C)c(N2CC(c3nc(-c4ccc(C(C)C)cc4)no3)CC2=O)c1. The summed E-state index contributed by atoms with van der Waals surface area (Å²) in [6, 6.07) is 14.4. The molecule has 1 saturated heterocycles. The van der Waals surface area contributed by atoms with E-state index in [1.54, 1.807) is 0 Å². The lowest BCUT2D eigenvalue weighted by Gasteiger charge is -2.19. The van der Waals surface area contributed by atoms with Crippen LogP contribution in [0.15, 0.2) is 47.0 Å². The summed E-state index contributed by atoms with van der Waals surface area (Å²) >= 11 is 0. The normalized spacial score (nSPS) is 17.0. The number of carbonyl (C=O) groups is 1. The van der Waals surface area contributed by atoms with Crippen molar-refractivity contribution >= 4 is 11.6 Å². The number of nitrogens with zero attached hydrogens (tertiary/aromatic N) is 3. The summed E-state index contributed by atoms with van der Waals surface area (Å²) in [6.07, 6.45) is 0.390. The first-order chi connectivity index (χ1) is 13.4. The lowest BCUT2D eigenvalue weighted by atomic mass is 10.0. The zero-order chi connectivity index (χ0) is 19.8. The van der Waals surface area contributed by atoms with E-state index in [4.69, 9.17) is 4.52 Å². The summed E-state index contributed by atoms with van der Waals surface area (Å²) in [7, 11) is 0. The van der Waals surface area contributed by atoms with E-state index in [1.165, 1.54) is 5.56 Å². The van der Waals surface area contributed by atoms with Gasteiger partial charge in [0, 0.05) is 24.2 Å². The lowest BCUT2D eigenvalue weighted by Crippen LogP contribution is -2.25. The molecule has 0 radical (unpaired) electrons. The first-order valence-corrected chi connectivity index (χ1v) is 9.74. The van der Waals surface area contributed by atoms with Gasteiger partial charge in [-0.2, -0.15) is 4.98 Å². The number of aryl methyl sites for hydroxylation is 2. The molecule has 2 aromatic carbocycles. The predicted octanol–water partition coefficient (Wildman–Crippen LogP) is 5.00. The fourth-order valence-electron chi connectivity index (χ4n) is 3.65. The summed E-state index contributed by atoms with van der Waals surface area (Å²) in [5, 5.41) is 4.14. The Labute approximate surface area is 165 Å². The summed E-state index contributed by atoms with van der Waals surface area (Å²) in [5.41, 5.74) is 5.41. The standard InChI is InChI=1S/C23H25N3O2/c1-14(2)17-7-9-18(10-8-17)22-24-23(28-25-22)19-12-21(27)26(13-19)20-11-15(3)5-6-16(20)4/h5-11,14,19H,12-13H2,1-4H3. The predicted molar refractivity (Wildman–Crippen MR) is 109 cm³/mol. The minimum absolute atomic E-state index is 0.0800. The minimum atomic E-state index is -0.0800. The van der Waals surface area contributed by atoms with Crippen molar-refractivity contribution in [3.8, 4) is 11.4 Å². The van der Waals surface area contributed by atoms with Crippen LogP contribution in [-0.4, -0.2) is 22.6 Å². The summed E-state index contributed by atoms with van der Waals surface area (Å²) in [5.74, 6) is 1.60. The Morgan fingerprint density at radius 2 is 1.86 bits per heavy atom. The van der Waals surface area contributed by atoms with E-state index < -0.39 is 0 Å². The van der Waals surface area contributed by atoms with Gasteiger partial charge in [-0.1, -0.05) is 55.4 Å². The molecule has 144 valence electrons. The number of anilines is 1. The van der Waals surface area contributed by atoms with Gasteiger partial charge in [-0.3, -0.25) is 4.79 Å². The molecule has 3 aromatic rings. The van der Waals surface area contributed by atoms with Crippen molar-refractivity contribution in [2.45, 2.75) is 46.0 Å². The second kappa shape index (κ2) is 7.23. The Kier molecular flexibility index (Phi) is 4.75. The molecular formula is C23H25N3O2. The molecule has 1 aliphatic rings. The lowest BCUT2D eigenvalue weighted by molar-refractivity contribution is -0.117. The van der Waals surface area contributed by atoms with Crippen LogP contribution >= 0.6 is 0 Å². The number of rotatable bonds is 4. The van der Waals surface area contributed by atoms with Crippen molar-refractivity contribution in [3.63, 3.8) is 0 Å². The third kappa shape index (κ3) is 3.44. The van der Waals surface area contributed by atoms with Crippen LogP contribution in [0.3, 0.4) is 0 Å². The molecule has 1 unspecified atom stereocenters. The van der Waals surface area contributed by atoms with E-state index in [2.05, 4.69) is 54.3 Å². The summed E-state index contributed by atoms with van der Waals surface area (Å²) in [4.78, 5) is 19.1. The minimum Gasteiger partial charge on any atom is -0.339 e. The van der Waals surface area contributed by atoms with Crippen molar-refractivity contribution in [3.05, 3.63) is 65.0 Å². The van der Waals surface area contributed by atoms with Crippen molar-refractivity contribution in [2.75, 3.05) is 11.4 Å². The summed E-state index contributed by atoms with van der Waals surface area (Å²) < 4.78 is 5.53. The van der Waals surface area contributed by atoms with Crippen LogP contribution in [0.2, 0.25) is 0 Å². The average molecular weight is 375 g/mol. The first kappa shape index (κ1) is 18.4. The maximum absolute atomic E-state index is 12.6. The molecule has 2 heterocycles. The van der Waals surface area contributed by atoms with Gasteiger partial charge in [-0.05, 0) is 42.5 Å². The smallest absolute Gasteiger partial charge is 0.232 e. The molecule has 0 saturated carbocycles. The zero-order valence-corrected chi connectivity index (χ0v) is 16.8. The van der Waals surface area contributed by atoms with E-state index >= 15 is 0 Å². The molecule has 28 heavy (non-hydrogen) atoms. The van der Waals surface area contributed by atoms with Crippen molar-refractivity contribution < 1.29 is 9.32 Å². The van der Waals surface area contributed by atoms with Crippen LogP contribution in [0.4, 0.5) is 5.69 Å². The third-order valence-electron chi connectivity index (χ3n) is 5.41. The topological polar surface area (TPSA) is 59.2 Å². The molecule has 1 aliphatic heterocycles. The highest BCUT2D eigenvalue weighted by molar-refractivity contribution is 5.97. The first-order valence-electron chi connectivity index (χ1n) is 9.74. The highest BCUT2D eigenvalue weighted by atomic mass is 16.5. The largest absolute Gasteiger partial charge is 0.339 e. The molecule has 1 fully saturated rings. The third-order valence-corrected chi connectivity index (χ3v) is 5.41. The number of carbonyl (C=O) groups excluding carboxylic acids is 1. The Morgan fingerprint density at radius 1 is 1.11 bits per heavy atom. The second-order valence-electron chi connectivity index (χ2n) is 7.93. The highest BCUT2D eigenvalue weighted by Gasteiger charge is 2.35. The van der Waals surface area contributed by atoms with Gasteiger partial charge >= 0.3 is 0 Å².